The van der Waals surface area contributed by atoms with E-state index in [9.17, 15) is 0 Å². The Morgan fingerprint density at radius 2 is 2.20 bits per heavy atom. The second kappa shape index (κ2) is 4.79. The summed E-state index contributed by atoms with van der Waals surface area (Å²) in [7, 11) is 0. The Morgan fingerprint density at radius 3 is 2.87 bits per heavy atom. The minimum absolute atomic E-state index is 0.423. The van der Waals surface area contributed by atoms with Crippen LogP contribution in [0.25, 0.3) is 0 Å². The molecule has 1 aliphatic rings. The number of hydrogen-bond acceptors (Lipinski definition) is 4. The van der Waals surface area contributed by atoms with Crippen LogP contribution in [-0.2, 0) is 0 Å². The molecule has 0 amide bonds. The predicted octanol–water partition coefficient (Wildman–Crippen LogP) is 1.14. The Balaban J connectivity index is 2.01. The van der Waals surface area contributed by atoms with Crippen LogP contribution in [0.2, 0.25) is 0 Å². The minimum Gasteiger partial charge on any atom is -0.353 e. The van der Waals surface area contributed by atoms with Crippen LogP contribution in [-0.4, -0.2) is 24.2 Å². The summed E-state index contributed by atoms with van der Waals surface area (Å²) in [6, 6.07) is 9.57. The van der Waals surface area contributed by atoms with Crippen molar-refractivity contribution in [1.82, 2.24) is 10.7 Å². The lowest BCUT2D eigenvalue weighted by atomic mass is 10.2. The van der Waals surface area contributed by atoms with Crippen LogP contribution in [0, 0.1) is 0 Å². The normalized spacial score (nSPS) is 15.8. The number of hydrazone groups is 1. The van der Waals surface area contributed by atoms with Gasteiger partial charge in [-0.25, -0.2) is 10.4 Å². The van der Waals surface area contributed by atoms with Crippen LogP contribution in [0.3, 0.4) is 0 Å². The Labute approximate surface area is 93.0 Å². The number of nitrogens with zero attached hydrogens (tertiary/aromatic N) is 2. The second-order valence-electron chi connectivity index (χ2n) is 3.04. The fourth-order valence-corrected chi connectivity index (χ4v) is 1.38. The summed E-state index contributed by atoms with van der Waals surface area (Å²) in [5, 5.41) is 7.47. The van der Waals surface area contributed by atoms with Crippen molar-refractivity contribution in [3.05, 3.63) is 35.9 Å². The third-order valence-corrected chi connectivity index (χ3v) is 2.25. The van der Waals surface area contributed by atoms with Crippen molar-refractivity contribution >= 4 is 22.7 Å². The summed E-state index contributed by atoms with van der Waals surface area (Å²) < 4.78 is 0. The molecule has 2 rings (SSSR count). The molecule has 4 nitrogen and oxygen atoms in total. The van der Waals surface area contributed by atoms with Gasteiger partial charge in [-0.3, -0.25) is 0 Å². The molecule has 1 aliphatic heterocycles. The van der Waals surface area contributed by atoms with Crippen molar-refractivity contribution in [2.24, 2.45) is 10.1 Å². The smallest absolute Gasteiger partial charge is 0.212 e. The van der Waals surface area contributed by atoms with Crippen molar-refractivity contribution < 1.29 is 0 Å². The SMILES string of the molecule is Cl/C(=N\NC1=NCCN1)c1ccccc1. The van der Waals surface area contributed by atoms with E-state index in [0.29, 0.717) is 11.1 Å². The van der Waals surface area contributed by atoms with Crippen molar-refractivity contribution in [3.63, 3.8) is 0 Å². The van der Waals surface area contributed by atoms with Gasteiger partial charge in [0.05, 0.1) is 6.54 Å². The maximum absolute atomic E-state index is 5.99. The summed E-state index contributed by atoms with van der Waals surface area (Å²) in [5.74, 6) is 0.670. The average Bonchev–Trinajstić information content (AvgIpc) is 2.80. The lowest BCUT2D eigenvalue weighted by Crippen LogP contribution is -2.30. The summed E-state index contributed by atoms with van der Waals surface area (Å²) >= 11 is 5.99. The third-order valence-electron chi connectivity index (χ3n) is 1.95. The molecule has 0 bridgehead atoms. The zero-order valence-electron chi connectivity index (χ0n) is 8.07. The predicted molar refractivity (Wildman–Crippen MR) is 62.3 cm³/mol. The number of aliphatic imine (C=N–C) groups is 1. The standard InChI is InChI=1S/C10H11ClN4/c11-9(8-4-2-1-3-5-8)14-15-10-12-6-7-13-10/h1-5H,6-7H2,(H2,12,13,15)/b14-9-. The molecule has 0 unspecified atom stereocenters. The van der Waals surface area contributed by atoms with Crippen LogP contribution >= 0.6 is 11.6 Å². The highest BCUT2D eigenvalue weighted by atomic mass is 35.5. The van der Waals surface area contributed by atoms with Crippen LogP contribution in [0.15, 0.2) is 40.4 Å². The van der Waals surface area contributed by atoms with E-state index in [0.717, 1.165) is 18.7 Å². The number of guanidine groups is 1. The summed E-state index contributed by atoms with van der Waals surface area (Å²) in [6.45, 7) is 1.63. The Morgan fingerprint density at radius 1 is 1.40 bits per heavy atom. The van der Waals surface area contributed by atoms with Crippen molar-refractivity contribution in [2.45, 2.75) is 0 Å². The van der Waals surface area contributed by atoms with Gasteiger partial charge < -0.3 is 5.32 Å². The number of hydrogen-bond donors (Lipinski definition) is 2. The van der Waals surface area contributed by atoms with E-state index in [2.05, 4.69) is 20.8 Å². The van der Waals surface area contributed by atoms with Crippen molar-refractivity contribution in [2.75, 3.05) is 13.1 Å². The largest absolute Gasteiger partial charge is 0.353 e. The molecule has 1 heterocycles. The quantitative estimate of drug-likeness (QED) is 0.582. The van der Waals surface area contributed by atoms with E-state index < -0.39 is 0 Å². The van der Waals surface area contributed by atoms with Gasteiger partial charge >= 0.3 is 0 Å². The fourth-order valence-electron chi connectivity index (χ4n) is 1.22. The molecule has 0 saturated carbocycles. The second-order valence-corrected chi connectivity index (χ2v) is 3.40. The lowest BCUT2D eigenvalue weighted by molar-refractivity contribution is 0.919. The van der Waals surface area contributed by atoms with Crippen LogP contribution in [0.4, 0.5) is 0 Å². The molecule has 0 spiro atoms. The zero-order valence-corrected chi connectivity index (χ0v) is 8.83. The zero-order chi connectivity index (χ0) is 10.5. The van der Waals surface area contributed by atoms with Crippen LogP contribution in [0.5, 0.6) is 0 Å². The van der Waals surface area contributed by atoms with E-state index in [1.807, 2.05) is 30.3 Å². The molecule has 0 atom stereocenters. The highest BCUT2D eigenvalue weighted by molar-refractivity contribution is 6.69. The van der Waals surface area contributed by atoms with E-state index in [1.165, 1.54) is 0 Å². The fraction of sp³-hybridized carbons (Fsp3) is 0.200. The Bertz CT molecular complexity index is 386. The van der Waals surface area contributed by atoms with Gasteiger partial charge in [0.25, 0.3) is 0 Å². The van der Waals surface area contributed by atoms with Gasteiger partial charge in [0.15, 0.2) is 5.17 Å². The molecule has 0 aromatic heterocycles. The molecule has 78 valence electrons. The molecular formula is C10H11ClN4. The van der Waals surface area contributed by atoms with Crippen LogP contribution in [0.1, 0.15) is 5.56 Å². The molecule has 2 N–H and O–H groups in total. The van der Waals surface area contributed by atoms with E-state index >= 15 is 0 Å². The summed E-state index contributed by atoms with van der Waals surface area (Å²) in [6.07, 6.45) is 0. The molecule has 0 fully saturated rings. The van der Waals surface area contributed by atoms with Gasteiger partial charge in [-0.2, -0.15) is 5.10 Å². The first kappa shape index (κ1) is 9.98. The van der Waals surface area contributed by atoms with Crippen LogP contribution < -0.4 is 10.7 Å². The topological polar surface area (TPSA) is 48.8 Å². The van der Waals surface area contributed by atoms with Gasteiger partial charge in [0.2, 0.25) is 5.96 Å². The number of halogens is 1. The first-order valence-electron chi connectivity index (χ1n) is 4.69. The molecule has 0 aliphatic carbocycles. The van der Waals surface area contributed by atoms with Gasteiger partial charge in [0.1, 0.15) is 0 Å². The van der Waals surface area contributed by atoms with Gasteiger partial charge in [-0.05, 0) is 0 Å². The molecule has 1 aromatic rings. The maximum Gasteiger partial charge on any atom is 0.212 e. The summed E-state index contributed by atoms with van der Waals surface area (Å²) in [4.78, 5) is 4.13. The monoisotopic (exact) mass is 222 g/mol. The average molecular weight is 223 g/mol. The molecular weight excluding hydrogens is 212 g/mol. The Kier molecular flexibility index (Phi) is 3.19. The first-order chi connectivity index (χ1) is 7.36. The summed E-state index contributed by atoms with van der Waals surface area (Å²) in [5.41, 5.74) is 3.65. The lowest BCUT2D eigenvalue weighted by Gasteiger charge is -2.01. The molecule has 0 radical (unpaired) electrons. The molecule has 5 heteroatoms. The van der Waals surface area contributed by atoms with E-state index in [1.54, 1.807) is 0 Å². The maximum atomic E-state index is 5.99. The highest BCUT2D eigenvalue weighted by Crippen LogP contribution is 2.03. The Hall–Kier alpha value is -1.55. The third kappa shape index (κ3) is 2.70. The number of rotatable bonds is 2. The van der Waals surface area contributed by atoms with E-state index in [4.69, 9.17) is 11.6 Å². The van der Waals surface area contributed by atoms with Gasteiger partial charge in [-0.1, -0.05) is 41.9 Å². The highest BCUT2D eigenvalue weighted by Gasteiger charge is 2.03. The van der Waals surface area contributed by atoms with Gasteiger partial charge in [0, 0.05) is 12.1 Å². The van der Waals surface area contributed by atoms with E-state index in [-0.39, 0.29) is 0 Å². The van der Waals surface area contributed by atoms with Gasteiger partial charge in [-0.15, -0.1) is 0 Å². The number of nitrogens with one attached hydrogen (secondary N) is 2. The molecule has 1 aromatic carbocycles. The molecule has 15 heavy (non-hydrogen) atoms. The minimum atomic E-state index is 0.423. The van der Waals surface area contributed by atoms with Crippen molar-refractivity contribution in [3.8, 4) is 0 Å². The number of benzene rings is 1. The first-order valence-corrected chi connectivity index (χ1v) is 5.07. The van der Waals surface area contributed by atoms with Crippen molar-refractivity contribution in [1.29, 1.82) is 0 Å². The molecule has 0 saturated heterocycles.